The van der Waals surface area contributed by atoms with Crippen LogP contribution in [0.15, 0.2) is 21.5 Å². The van der Waals surface area contributed by atoms with Crippen LogP contribution in [0.5, 0.6) is 0 Å². The van der Waals surface area contributed by atoms with Gasteiger partial charge in [-0.05, 0) is 28.4 Å². The van der Waals surface area contributed by atoms with E-state index < -0.39 is 6.04 Å². The highest BCUT2D eigenvalue weighted by molar-refractivity contribution is 9.10. The molecular formula is C8H11BrN2O2. The van der Waals surface area contributed by atoms with E-state index in [0.717, 1.165) is 4.47 Å². The van der Waals surface area contributed by atoms with Crippen LogP contribution in [0.2, 0.25) is 0 Å². The van der Waals surface area contributed by atoms with E-state index in [1.807, 2.05) is 0 Å². The number of nitrogens with one attached hydrogen (secondary N) is 1. The molecule has 0 spiro atoms. The third kappa shape index (κ3) is 2.65. The first-order chi connectivity index (χ1) is 6.15. The number of aromatic nitrogens is 1. The van der Waals surface area contributed by atoms with Crippen LogP contribution in [0.1, 0.15) is 18.0 Å². The fraction of sp³-hybridized carbons (Fsp3) is 0.375. The van der Waals surface area contributed by atoms with Crippen molar-refractivity contribution in [2.45, 2.75) is 12.5 Å². The standard InChI is InChI=1S/C8H11BrN2O2/c9-5-3-6(7(10)1-2-12)8(13)11-4-5/h3-4,7,12H,1-2,10H2,(H,11,13). The van der Waals surface area contributed by atoms with E-state index in [-0.39, 0.29) is 12.2 Å². The summed E-state index contributed by atoms with van der Waals surface area (Å²) in [5, 5.41) is 8.65. The molecule has 1 atom stereocenters. The van der Waals surface area contributed by atoms with E-state index in [9.17, 15) is 4.79 Å². The number of pyridine rings is 1. The van der Waals surface area contributed by atoms with Gasteiger partial charge in [0.05, 0.1) is 0 Å². The number of aromatic amines is 1. The number of halogens is 1. The van der Waals surface area contributed by atoms with Crippen LogP contribution < -0.4 is 11.3 Å². The van der Waals surface area contributed by atoms with Crippen molar-refractivity contribution in [2.75, 3.05) is 6.61 Å². The number of nitrogens with two attached hydrogens (primary N) is 1. The van der Waals surface area contributed by atoms with E-state index in [1.54, 1.807) is 12.3 Å². The molecule has 4 nitrogen and oxygen atoms in total. The highest BCUT2D eigenvalue weighted by Gasteiger charge is 2.09. The van der Waals surface area contributed by atoms with Crippen LogP contribution in [0.3, 0.4) is 0 Å². The van der Waals surface area contributed by atoms with Crippen molar-refractivity contribution in [3.63, 3.8) is 0 Å². The quantitative estimate of drug-likeness (QED) is 0.728. The molecule has 0 aliphatic carbocycles. The zero-order chi connectivity index (χ0) is 9.84. The average molecular weight is 247 g/mol. The Morgan fingerprint density at radius 1 is 1.69 bits per heavy atom. The molecule has 1 aromatic rings. The Morgan fingerprint density at radius 2 is 2.38 bits per heavy atom. The summed E-state index contributed by atoms with van der Waals surface area (Å²) in [6.45, 7) is -0.0207. The first kappa shape index (κ1) is 10.4. The predicted molar refractivity (Wildman–Crippen MR) is 53.4 cm³/mol. The summed E-state index contributed by atoms with van der Waals surface area (Å²) >= 11 is 3.23. The summed E-state index contributed by atoms with van der Waals surface area (Å²) in [6, 6.07) is 1.25. The Kier molecular flexibility index (Phi) is 3.65. The molecule has 0 aliphatic heterocycles. The van der Waals surface area contributed by atoms with Crippen LogP contribution >= 0.6 is 15.9 Å². The number of H-pyrrole nitrogens is 1. The number of hydrogen-bond donors (Lipinski definition) is 3. The highest BCUT2D eigenvalue weighted by Crippen LogP contribution is 2.13. The summed E-state index contributed by atoms with van der Waals surface area (Å²) in [5.41, 5.74) is 5.96. The van der Waals surface area contributed by atoms with Gasteiger partial charge in [-0.25, -0.2) is 0 Å². The van der Waals surface area contributed by atoms with E-state index >= 15 is 0 Å². The largest absolute Gasteiger partial charge is 0.396 e. The van der Waals surface area contributed by atoms with Gasteiger partial charge < -0.3 is 15.8 Å². The maximum absolute atomic E-state index is 11.2. The fourth-order valence-corrected chi connectivity index (χ4v) is 1.40. The molecule has 4 N–H and O–H groups in total. The lowest BCUT2D eigenvalue weighted by Crippen LogP contribution is -2.22. The van der Waals surface area contributed by atoms with Gasteiger partial charge in [-0.2, -0.15) is 0 Å². The second kappa shape index (κ2) is 4.55. The minimum atomic E-state index is -0.411. The summed E-state index contributed by atoms with van der Waals surface area (Å²) in [7, 11) is 0. The van der Waals surface area contributed by atoms with Crippen molar-refractivity contribution >= 4 is 15.9 Å². The van der Waals surface area contributed by atoms with E-state index in [4.69, 9.17) is 10.8 Å². The van der Waals surface area contributed by atoms with Gasteiger partial charge in [0.25, 0.3) is 5.56 Å². The minimum Gasteiger partial charge on any atom is -0.396 e. The molecule has 0 aromatic carbocycles. The third-order valence-electron chi connectivity index (χ3n) is 1.74. The second-order valence-electron chi connectivity index (χ2n) is 2.72. The summed E-state index contributed by atoms with van der Waals surface area (Å²) in [6.07, 6.45) is 1.94. The predicted octanol–water partition coefficient (Wildman–Crippen LogP) is 0.520. The molecule has 0 saturated heterocycles. The van der Waals surface area contributed by atoms with Gasteiger partial charge in [0.15, 0.2) is 0 Å². The Bertz CT molecular complexity index is 337. The van der Waals surface area contributed by atoms with Crippen molar-refractivity contribution in [2.24, 2.45) is 5.73 Å². The maximum atomic E-state index is 11.2. The molecule has 0 bridgehead atoms. The molecule has 0 fully saturated rings. The van der Waals surface area contributed by atoms with Crippen molar-refractivity contribution in [1.29, 1.82) is 0 Å². The fourth-order valence-electron chi connectivity index (χ4n) is 1.04. The Hall–Kier alpha value is -0.650. The Morgan fingerprint density at radius 3 is 3.00 bits per heavy atom. The monoisotopic (exact) mass is 246 g/mol. The molecule has 72 valence electrons. The van der Waals surface area contributed by atoms with E-state index in [1.165, 1.54) is 0 Å². The van der Waals surface area contributed by atoms with Gasteiger partial charge in [-0.15, -0.1) is 0 Å². The molecule has 1 aromatic heterocycles. The van der Waals surface area contributed by atoms with Gasteiger partial charge in [-0.3, -0.25) is 4.79 Å². The number of aliphatic hydroxyl groups is 1. The summed E-state index contributed by atoms with van der Waals surface area (Å²) in [5.74, 6) is 0. The third-order valence-corrected chi connectivity index (χ3v) is 2.19. The molecule has 0 amide bonds. The molecule has 5 heteroatoms. The van der Waals surface area contributed by atoms with Crippen molar-refractivity contribution in [3.05, 3.63) is 32.7 Å². The Balaban J connectivity index is 2.99. The molecular weight excluding hydrogens is 236 g/mol. The number of hydrogen-bond acceptors (Lipinski definition) is 3. The van der Waals surface area contributed by atoms with Gasteiger partial charge in [0.2, 0.25) is 0 Å². The molecule has 0 saturated carbocycles. The Labute approximate surface area is 83.9 Å². The van der Waals surface area contributed by atoms with Crippen LogP contribution in [-0.2, 0) is 0 Å². The average Bonchev–Trinajstić information content (AvgIpc) is 2.09. The van der Waals surface area contributed by atoms with Crippen molar-refractivity contribution < 1.29 is 5.11 Å². The zero-order valence-electron chi connectivity index (χ0n) is 6.96. The molecule has 1 unspecified atom stereocenters. The number of rotatable bonds is 3. The van der Waals surface area contributed by atoms with Crippen LogP contribution in [-0.4, -0.2) is 16.7 Å². The minimum absolute atomic E-state index is 0.0207. The molecule has 1 rings (SSSR count). The first-order valence-corrected chi connectivity index (χ1v) is 4.69. The van der Waals surface area contributed by atoms with Crippen LogP contribution in [0.4, 0.5) is 0 Å². The summed E-state index contributed by atoms with van der Waals surface area (Å²) in [4.78, 5) is 13.8. The van der Waals surface area contributed by atoms with E-state index in [0.29, 0.717) is 12.0 Å². The summed E-state index contributed by atoms with van der Waals surface area (Å²) < 4.78 is 0.774. The van der Waals surface area contributed by atoms with Crippen LogP contribution in [0, 0.1) is 0 Å². The SMILES string of the molecule is NC(CCO)c1cc(Br)c[nH]c1=O. The molecule has 1 heterocycles. The highest BCUT2D eigenvalue weighted by atomic mass is 79.9. The van der Waals surface area contributed by atoms with Gasteiger partial charge in [0, 0.05) is 28.9 Å². The molecule has 0 radical (unpaired) electrons. The lowest BCUT2D eigenvalue weighted by Gasteiger charge is -2.08. The van der Waals surface area contributed by atoms with Crippen molar-refractivity contribution in [1.82, 2.24) is 4.98 Å². The first-order valence-electron chi connectivity index (χ1n) is 3.89. The lowest BCUT2D eigenvalue weighted by molar-refractivity contribution is 0.276. The van der Waals surface area contributed by atoms with Crippen LogP contribution in [0.25, 0.3) is 0 Å². The smallest absolute Gasteiger partial charge is 0.252 e. The lowest BCUT2D eigenvalue weighted by atomic mass is 10.1. The molecule has 0 aliphatic rings. The molecule has 13 heavy (non-hydrogen) atoms. The zero-order valence-corrected chi connectivity index (χ0v) is 8.54. The van der Waals surface area contributed by atoms with Gasteiger partial charge in [0.1, 0.15) is 0 Å². The van der Waals surface area contributed by atoms with Crippen molar-refractivity contribution in [3.8, 4) is 0 Å². The number of aliphatic hydroxyl groups excluding tert-OH is 1. The van der Waals surface area contributed by atoms with E-state index in [2.05, 4.69) is 20.9 Å². The van der Waals surface area contributed by atoms with Gasteiger partial charge >= 0.3 is 0 Å². The second-order valence-corrected chi connectivity index (χ2v) is 3.64. The maximum Gasteiger partial charge on any atom is 0.252 e. The van der Waals surface area contributed by atoms with Gasteiger partial charge in [-0.1, -0.05) is 0 Å². The normalized spacial score (nSPS) is 12.8. The topological polar surface area (TPSA) is 79.1 Å².